The highest BCUT2D eigenvalue weighted by molar-refractivity contribution is 5.11. The number of quaternary nitrogens is 1. The van der Waals surface area contributed by atoms with Gasteiger partial charge in [0.05, 0.1) is 6.20 Å². The lowest BCUT2D eigenvalue weighted by molar-refractivity contribution is -0.509. The molecule has 1 aromatic heterocycles. The molecule has 8 heavy (non-hydrogen) atoms. The summed E-state index contributed by atoms with van der Waals surface area (Å²) in [4.78, 5) is 0. The van der Waals surface area contributed by atoms with Crippen LogP contribution < -0.4 is 5.32 Å². The highest BCUT2D eigenvalue weighted by Crippen LogP contribution is 1.84. The second-order valence-electron chi connectivity index (χ2n) is 1.35. The number of nitrogens with zero attached hydrogens (tertiary/aromatic N) is 2. The molecule has 1 rings (SSSR count). The molecule has 1 heterocycles. The Balaban J connectivity index is 2.83. The summed E-state index contributed by atoms with van der Waals surface area (Å²) >= 11 is 0. The fraction of sp³-hybridized carbons (Fsp3) is 0. The normalized spacial score (nSPS) is 9.12. The van der Waals surface area contributed by atoms with E-state index in [4.69, 9.17) is 0 Å². The van der Waals surface area contributed by atoms with Gasteiger partial charge in [0.1, 0.15) is 0 Å². The molecule has 0 aliphatic carbocycles. The van der Waals surface area contributed by atoms with Gasteiger partial charge >= 0.3 is 0 Å². The summed E-state index contributed by atoms with van der Waals surface area (Å²) in [5.74, 6) is 0.813. The van der Waals surface area contributed by atoms with Gasteiger partial charge in [-0.05, 0) is 6.07 Å². The van der Waals surface area contributed by atoms with Crippen LogP contribution in [-0.4, -0.2) is 10.2 Å². The molecule has 0 bridgehead atoms. The molecule has 0 aliphatic rings. The molecule has 3 nitrogen and oxygen atoms in total. The van der Waals surface area contributed by atoms with Crippen LogP contribution in [0, 0.1) is 7.05 Å². The van der Waals surface area contributed by atoms with Crippen molar-refractivity contribution in [1.82, 2.24) is 10.2 Å². The number of nitrogens with two attached hydrogens (primary N) is 1. The monoisotopic (exact) mass is 109 g/mol. The SMILES string of the molecule is [CH2-][NH2+]c1cccnn1. The maximum absolute atomic E-state index is 3.73. The van der Waals surface area contributed by atoms with Gasteiger partial charge in [-0.25, -0.2) is 0 Å². The zero-order chi connectivity index (χ0) is 5.82. The third kappa shape index (κ3) is 1.01. The molecule has 0 fully saturated rings. The van der Waals surface area contributed by atoms with Crippen LogP contribution in [0.2, 0.25) is 0 Å². The second kappa shape index (κ2) is 2.37. The Labute approximate surface area is 47.8 Å². The lowest BCUT2D eigenvalue weighted by Crippen LogP contribution is -2.70. The first-order valence-corrected chi connectivity index (χ1v) is 2.33. The lowest BCUT2D eigenvalue weighted by atomic mass is 10.5. The van der Waals surface area contributed by atoms with Crippen LogP contribution in [0.15, 0.2) is 18.3 Å². The molecule has 1 aromatic rings. The van der Waals surface area contributed by atoms with E-state index in [2.05, 4.69) is 17.2 Å². The Hall–Kier alpha value is -0.960. The predicted octanol–water partition coefficient (Wildman–Crippen LogP) is -0.537. The maximum atomic E-state index is 3.73. The van der Waals surface area contributed by atoms with E-state index in [1.165, 1.54) is 0 Å². The minimum absolute atomic E-state index is 0.813. The molecule has 2 N–H and O–H groups in total. The van der Waals surface area contributed by atoms with Crippen LogP contribution in [0.1, 0.15) is 0 Å². The van der Waals surface area contributed by atoms with E-state index < -0.39 is 0 Å². The first kappa shape index (κ1) is 5.18. The minimum Gasteiger partial charge on any atom is -0.428 e. The van der Waals surface area contributed by atoms with E-state index in [1.54, 1.807) is 11.5 Å². The Morgan fingerprint density at radius 1 is 1.62 bits per heavy atom. The van der Waals surface area contributed by atoms with Crippen molar-refractivity contribution < 1.29 is 5.32 Å². The van der Waals surface area contributed by atoms with Gasteiger partial charge in [0.25, 0.3) is 0 Å². The predicted molar refractivity (Wildman–Crippen MR) is 29.0 cm³/mol. The van der Waals surface area contributed by atoms with Crippen molar-refractivity contribution in [2.24, 2.45) is 0 Å². The van der Waals surface area contributed by atoms with Crippen molar-refractivity contribution >= 4 is 5.82 Å². The fourth-order valence-electron chi connectivity index (χ4n) is 0.422. The van der Waals surface area contributed by atoms with E-state index in [-0.39, 0.29) is 0 Å². The average molecular weight is 109 g/mol. The molecule has 0 saturated heterocycles. The Morgan fingerprint density at radius 3 is 2.88 bits per heavy atom. The molecule has 0 unspecified atom stereocenters. The average Bonchev–Trinajstić information content (AvgIpc) is 1.90. The fourth-order valence-corrected chi connectivity index (χ4v) is 0.422. The maximum Gasteiger partial charge on any atom is 0.217 e. The smallest absolute Gasteiger partial charge is 0.217 e. The van der Waals surface area contributed by atoms with Crippen molar-refractivity contribution in [3.63, 3.8) is 0 Å². The Kier molecular flexibility index (Phi) is 1.54. The number of aromatic nitrogens is 2. The summed E-state index contributed by atoms with van der Waals surface area (Å²) in [6.45, 7) is 0. The van der Waals surface area contributed by atoms with Gasteiger partial charge < -0.3 is 5.32 Å². The summed E-state index contributed by atoms with van der Waals surface area (Å²) in [5.41, 5.74) is 0. The van der Waals surface area contributed by atoms with Gasteiger partial charge in [-0.15, -0.1) is 7.05 Å². The third-order valence-corrected chi connectivity index (χ3v) is 0.802. The van der Waals surface area contributed by atoms with Gasteiger partial charge in [0, 0.05) is 6.07 Å². The molecule has 0 atom stereocenters. The highest BCUT2D eigenvalue weighted by Gasteiger charge is 1.83. The standard InChI is InChI=1S/C5H7N3/c1-6-5-3-2-4-7-8-5/h2-4H,1,6H2. The van der Waals surface area contributed by atoms with Gasteiger partial charge in [0.2, 0.25) is 5.82 Å². The third-order valence-electron chi connectivity index (χ3n) is 0.802. The quantitative estimate of drug-likeness (QED) is 0.492. The topological polar surface area (TPSA) is 42.4 Å². The molecule has 0 saturated carbocycles. The van der Waals surface area contributed by atoms with Crippen LogP contribution in [0.25, 0.3) is 0 Å². The van der Waals surface area contributed by atoms with E-state index in [9.17, 15) is 0 Å². The zero-order valence-electron chi connectivity index (χ0n) is 4.41. The summed E-state index contributed by atoms with van der Waals surface area (Å²) in [6, 6.07) is 3.67. The van der Waals surface area contributed by atoms with E-state index in [0.717, 1.165) is 5.82 Å². The molecule has 0 radical (unpaired) electrons. The van der Waals surface area contributed by atoms with Crippen LogP contribution in [0.5, 0.6) is 0 Å². The zero-order valence-corrected chi connectivity index (χ0v) is 4.41. The largest absolute Gasteiger partial charge is 0.428 e. The molecule has 0 aromatic carbocycles. The number of rotatable bonds is 1. The van der Waals surface area contributed by atoms with Crippen LogP contribution in [0.3, 0.4) is 0 Å². The molecule has 0 amide bonds. The lowest BCUT2D eigenvalue weighted by Gasteiger charge is -1.91. The van der Waals surface area contributed by atoms with E-state index in [1.807, 2.05) is 12.1 Å². The Bertz CT molecular complexity index is 149. The molecular formula is C5H7N3. The van der Waals surface area contributed by atoms with Crippen LogP contribution in [-0.2, 0) is 0 Å². The van der Waals surface area contributed by atoms with Crippen LogP contribution in [0.4, 0.5) is 5.82 Å². The van der Waals surface area contributed by atoms with Gasteiger partial charge in [-0.1, -0.05) is 5.10 Å². The molecule has 42 valence electrons. The summed E-state index contributed by atoms with van der Waals surface area (Å²) in [6.07, 6.45) is 1.63. The number of hydrogen-bond donors (Lipinski definition) is 1. The first-order chi connectivity index (χ1) is 3.93. The van der Waals surface area contributed by atoms with Crippen molar-refractivity contribution in [2.45, 2.75) is 0 Å². The first-order valence-electron chi connectivity index (χ1n) is 2.33. The molecule has 3 heteroatoms. The second-order valence-corrected chi connectivity index (χ2v) is 1.35. The van der Waals surface area contributed by atoms with Crippen molar-refractivity contribution in [2.75, 3.05) is 0 Å². The van der Waals surface area contributed by atoms with E-state index >= 15 is 0 Å². The molecular weight excluding hydrogens is 102 g/mol. The van der Waals surface area contributed by atoms with Crippen molar-refractivity contribution in [1.29, 1.82) is 0 Å². The van der Waals surface area contributed by atoms with Gasteiger partial charge in [-0.3, -0.25) is 0 Å². The number of hydrogen-bond acceptors (Lipinski definition) is 2. The summed E-state index contributed by atoms with van der Waals surface area (Å²) in [5, 5.41) is 9.02. The molecule has 0 spiro atoms. The highest BCUT2D eigenvalue weighted by atomic mass is 15.2. The summed E-state index contributed by atoms with van der Waals surface area (Å²) in [7, 11) is 3.53. The van der Waals surface area contributed by atoms with Gasteiger partial charge in [-0.2, -0.15) is 5.10 Å². The summed E-state index contributed by atoms with van der Waals surface area (Å²) < 4.78 is 0. The van der Waals surface area contributed by atoms with Gasteiger partial charge in [0.15, 0.2) is 0 Å². The van der Waals surface area contributed by atoms with Crippen molar-refractivity contribution in [3.05, 3.63) is 25.4 Å². The van der Waals surface area contributed by atoms with Crippen LogP contribution >= 0.6 is 0 Å². The van der Waals surface area contributed by atoms with Crippen molar-refractivity contribution in [3.8, 4) is 0 Å². The minimum atomic E-state index is 0.813. The van der Waals surface area contributed by atoms with E-state index in [0.29, 0.717) is 0 Å². The molecule has 0 aliphatic heterocycles. The Morgan fingerprint density at radius 2 is 2.50 bits per heavy atom.